The van der Waals surface area contributed by atoms with Crippen LogP contribution in [0.2, 0.25) is 5.02 Å². The molecule has 0 spiro atoms. The maximum absolute atomic E-state index is 12.2. The quantitative estimate of drug-likeness (QED) is 0.734. The number of likely N-dealkylation sites (N-methyl/N-ethyl adjacent to an activating group) is 1. The van der Waals surface area contributed by atoms with Crippen LogP contribution in [0.15, 0.2) is 29.2 Å². The van der Waals surface area contributed by atoms with Crippen LogP contribution < -0.4 is 5.32 Å². The number of nitrogens with zero attached hydrogens (tertiary/aromatic N) is 1. The Kier molecular flexibility index (Phi) is 8.02. The minimum Gasteiger partial charge on any atom is -0.355 e. The number of nitrogens with one attached hydrogen (secondary N) is 1. The minimum absolute atomic E-state index is 0.0557. The average Bonchev–Trinajstić information content (AvgIpc) is 2.52. The van der Waals surface area contributed by atoms with Crippen LogP contribution in [0, 0.1) is 0 Å². The lowest BCUT2D eigenvalue weighted by molar-refractivity contribution is -0.120. The van der Waals surface area contributed by atoms with Gasteiger partial charge in [0, 0.05) is 24.0 Å². The molecule has 0 saturated carbocycles. The van der Waals surface area contributed by atoms with E-state index in [9.17, 15) is 13.2 Å². The minimum atomic E-state index is -3.50. The molecule has 0 radical (unpaired) electrons. The van der Waals surface area contributed by atoms with Gasteiger partial charge in [-0.3, -0.25) is 9.69 Å². The molecule has 1 amide bonds. The lowest BCUT2D eigenvalue weighted by Gasteiger charge is -2.26. The Labute approximate surface area is 143 Å². The number of carbonyl (C=O) groups excluding carboxylic acids is 1. The SMILES string of the molecule is CCN(CC)C(C)CNC(=O)CCS(=O)(=O)c1cccc(Cl)c1. The van der Waals surface area contributed by atoms with Crippen LogP contribution in [-0.4, -0.2) is 50.7 Å². The summed E-state index contributed by atoms with van der Waals surface area (Å²) in [5.74, 6) is -0.478. The van der Waals surface area contributed by atoms with Gasteiger partial charge in [0.25, 0.3) is 0 Å². The van der Waals surface area contributed by atoms with E-state index in [0.717, 1.165) is 13.1 Å². The van der Waals surface area contributed by atoms with Crippen molar-refractivity contribution in [3.05, 3.63) is 29.3 Å². The van der Waals surface area contributed by atoms with Crippen molar-refractivity contribution in [3.63, 3.8) is 0 Å². The fraction of sp³-hybridized carbons (Fsp3) is 0.562. The van der Waals surface area contributed by atoms with Gasteiger partial charge in [0.1, 0.15) is 0 Å². The van der Waals surface area contributed by atoms with E-state index in [-0.39, 0.29) is 29.0 Å². The normalized spacial score (nSPS) is 13.1. The first-order valence-electron chi connectivity index (χ1n) is 7.79. The lowest BCUT2D eigenvalue weighted by atomic mass is 10.2. The molecule has 0 fully saturated rings. The molecule has 1 unspecified atom stereocenters. The van der Waals surface area contributed by atoms with E-state index in [4.69, 9.17) is 11.6 Å². The Hall–Kier alpha value is -1.11. The molecule has 0 heterocycles. The van der Waals surface area contributed by atoms with Crippen LogP contribution >= 0.6 is 11.6 Å². The summed E-state index contributed by atoms with van der Waals surface area (Å²) in [5.41, 5.74) is 0. The second-order valence-electron chi connectivity index (χ2n) is 5.40. The zero-order valence-corrected chi connectivity index (χ0v) is 15.5. The molecule has 0 saturated heterocycles. The predicted octanol–water partition coefficient (Wildman–Crippen LogP) is 2.35. The van der Waals surface area contributed by atoms with Gasteiger partial charge in [-0.05, 0) is 38.2 Å². The number of carbonyl (C=O) groups is 1. The first kappa shape index (κ1) is 19.9. The van der Waals surface area contributed by atoms with E-state index < -0.39 is 9.84 Å². The fourth-order valence-corrected chi connectivity index (χ4v) is 3.87. The number of hydrogen-bond donors (Lipinski definition) is 1. The van der Waals surface area contributed by atoms with Crippen LogP contribution in [0.4, 0.5) is 0 Å². The second-order valence-corrected chi connectivity index (χ2v) is 7.95. The highest BCUT2D eigenvalue weighted by atomic mass is 35.5. The highest BCUT2D eigenvalue weighted by Crippen LogP contribution is 2.17. The predicted molar refractivity (Wildman–Crippen MR) is 93.5 cm³/mol. The standard InChI is InChI=1S/C16H25ClN2O3S/c1-4-19(5-2)13(3)12-18-16(20)9-10-23(21,22)15-8-6-7-14(17)11-15/h6-8,11,13H,4-5,9-10,12H2,1-3H3,(H,18,20). The van der Waals surface area contributed by atoms with Gasteiger partial charge in [-0.1, -0.05) is 31.5 Å². The van der Waals surface area contributed by atoms with Gasteiger partial charge in [0.15, 0.2) is 9.84 Å². The number of hydrogen-bond acceptors (Lipinski definition) is 4. The van der Waals surface area contributed by atoms with Crippen LogP contribution in [0.5, 0.6) is 0 Å². The van der Waals surface area contributed by atoms with Crippen molar-refractivity contribution < 1.29 is 13.2 Å². The summed E-state index contributed by atoms with van der Waals surface area (Å²) in [6.45, 7) is 8.51. The largest absolute Gasteiger partial charge is 0.355 e. The van der Waals surface area contributed by atoms with E-state index >= 15 is 0 Å². The third-order valence-electron chi connectivity index (χ3n) is 3.78. The molecule has 0 aliphatic carbocycles. The van der Waals surface area contributed by atoms with Crippen LogP contribution in [0.3, 0.4) is 0 Å². The van der Waals surface area contributed by atoms with Crippen molar-refractivity contribution in [1.82, 2.24) is 10.2 Å². The first-order chi connectivity index (χ1) is 10.8. The van der Waals surface area contributed by atoms with E-state index in [2.05, 4.69) is 24.1 Å². The van der Waals surface area contributed by atoms with Gasteiger partial charge >= 0.3 is 0 Å². The van der Waals surface area contributed by atoms with Gasteiger partial charge in [-0.15, -0.1) is 0 Å². The Morgan fingerprint density at radius 1 is 1.30 bits per heavy atom. The zero-order chi connectivity index (χ0) is 17.5. The lowest BCUT2D eigenvalue weighted by Crippen LogP contribution is -2.42. The molecule has 23 heavy (non-hydrogen) atoms. The molecular weight excluding hydrogens is 336 g/mol. The molecule has 1 aromatic carbocycles. The van der Waals surface area contributed by atoms with Gasteiger partial charge in [0.2, 0.25) is 5.91 Å². The van der Waals surface area contributed by atoms with Crippen LogP contribution in [-0.2, 0) is 14.6 Å². The molecule has 1 aromatic rings. The Bertz CT molecular complexity index is 616. The van der Waals surface area contributed by atoms with E-state index in [1.807, 2.05) is 6.92 Å². The molecule has 0 bridgehead atoms. The molecule has 0 aliphatic rings. The third kappa shape index (κ3) is 6.49. The topological polar surface area (TPSA) is 66.5 Å². The number of amides is 1. The third-order valence-corrected chi connectivity index (χ3v) is 5.73. The van der Waals surface area contributed by atoms with E-state index in [0.29, 0.717) is 11.6 Å². The summed E-state index contributed by atoms with van der Waals surface area (Å²) >= 11 is 5.81. The number of benzene rings is 1. The Balaban J connectivity index is 2.50. The van der Waals surface area contributed by atoms with Crippen molar-refractivity contribution in [2.45, 2.75) is 38.1 Å². The van der Waals surface area contributed by atoms with Crippen LogP contribution in [0.25, 0.3) is 0 Å². The van der Waals surface area contributed by atoms with Crippen molar-refractivity contribution in [2.24, 2.45) is 0 Å². The molecule has 0 aliphatic heterocycles. The van der Waals surface area contributed by atoms with E-state index in [1.54, 1.807) is 12.1 Å². The summed E-state index contributed by atoms with van der Waals surface area (Å²) in [5, 5.41) is 3.16. The number of halogens is 1. The molecular formula is C16H25ClN2O3S. The molecule has 0 aromatic heterocycles. The summed E-state index contributed by atoms with van der Waals surface area (Å²) in [7, 11) is -3.50. The average molecular weight is 361 g/mol. The maximum Gasteiger partial charge on any atom is 0.221 e. The van der Waals surface area contributed by atoms with Gasteiger partial charge in [-0.25, -0.2) is 8.42 Å². The highest BCUT2D eigenvalue weighted by molar-refractivity contribution is 7.91. The Morgan fingerprint density at radius 3 is 2.52 bits per heavy atom. The van der Waals surface area contributed by atoms with Gasteiger partial charge in [-0.2, -0.15) is 0 Å². The number of sulfone groups is 1. The summed E-state index contributed by atoms with van der Waals surface area (Å²) in [6, 6.07) is 6.31. The second kappa shape index (κ2) is 9.25. The monoisotopic (exact) mass is 360 g/mol. The van der Waals surface area contributed by atoms with Gasteiger partial charge < -0.3 is 5.32 Å². The molecule has 1 rings (SSSR count). The zero-order valence-electron chi connectivity index (χ0n) is 13.9. The number of rotatable bonds is 9. The smallest absolute Gasteiger partial charge is 0.221 e. The molecule has 1 atom stereocenters. The molecule has 1 N–H and O–H groups in total. The summed E-state index contributed by atoms with van der Waals surface area (Å²) in [4.78, 5) is 14.2. The molecule has 7 heteroatoms. The maximum atomic E-state index is 12.2. The molecule has 130 valence electrons. The highest BCUT2D eigenvalue weighted by Gasteiger charge is 2.17. The summed E-state index contributed by atoms with van der Waals surface area (Å²) in [6.07, 6.45) is -0.0557. The van der Waals surface area contributed by atoms with Crippen molar-refractivity contribution in [1.29, 1.82) is 0 Å². The van der Waals surface area contributed by atoms with Crippen molar-refractivity contribution in [3.8, 4) is 0 Å². The van der Waals surface area contributed by atoms with Crippen molar-refractivity contribution >= 4 is 27.3 Å². The van der Waals surface area contributed by atoms with Gasteiger partial charge in [0.05, 0.1) is 10.6 Å². The van der Waals surface area contributed by atoms with E-state index in [1.165, 1.54) is 12.1 Å². The fourth-order valence-electron chi connectivity index (χ4n) is 2.33. The summed E-state index contributed by atoms with van der Waals surface area (Å²) < 4.78 is 24.4. The Morgan fingerprint density at radius 2 is 1.96 bits per heavy atom. The first-order valence-corrected chi connectivity index (χ1v) is 9.82. The van der Waals surface area contributed by atoms with Crippen LogP contribution in [0.1, 0.15) is 27.2 Å². The van der Waals surface area contributed by atoms with Crippen molar-refractivity contribution in [2.75, 3.05) is 25.4 Å². The molecule has 5 nitrogen and oxygen atoms in total.